The first kappa shape index (κ1) is 26.8. The van der Waals surface area contributed by atoms with E-state index in [0.29, 0.717) is 32.1 Å². The predicted octanol–water partition coefficient (Wildman–Crippen LogP) is 4.17. The molecular formula is C28H30N2O5S2. The highest BCUT2D eigenvalue weighted by Gasteiger charge is 2.33. The van der Waals surface area contributed by atoms with E-state index in [-0.39, 0.29) is 18.1 Å². The molecule has 2 heterocycles. The molecule has 0 radical (unpaired) electrons. The van der Waals surface area contributed by atoms with Gasteiger partial charge < -0.3 is 14.2 Å². The Labute approximate surface area is 224 Å². The van der Waals surface area contributed by atoms with Crippen molar-refractivity contribution in [3.63, 3.8) is 0 Å². The van der Waals surface area contributed by atoms with Crippen LogP contribution in [0.1, 0.15) is 37.9 Å². The highest BCUT2D eigenvalue weighted by Crippen LogP contribution is 2.32. The minimum absolute atomic E-state index is 0.185. The van der Waals surface area contributed by atoms with Gasteiger partial charge in [0.15, 0.2) is 4.80 Å². The molecule has 9 heteroatoms. The van der Waals surface area contributed by atoms with E-state index in [4.69, 9.17) is 14.2 Å². The number of ether oxygens (including phenoxy) is 3. The molecule has 1 aromatic heterocycles. The Kier molecular flexibility index (Phi) is 8.24. The third-order valence-electron chi connectivity index (χ3n) is 5.95. The molecule has 0 spiro atoms. The van der Waals surface area contributed by atoms with Crippen LogP contribution in [0.4, 0.5) is 0 Å². The van der Waals surface area contributed by atoms with Crippen molar-refractivity contribution >= 4 is 35.1 Å². The number of hydrogen-bond acceptors (Lipinski definition) is 8. The summed E-state index contributed by atoms with van der Waals surface area (Å²) in [6, 6.07) is 12.7. The molecule has 194 valence electrons. The Morgan fingerprint density at radius 2 is 1.89 bits per heavy atom. The summed E-state index contributed by atoms with van der Waals surface area (Å²) in [4.78, 5) is 33.4. The van der Waals surface area contributed by atoms with Crippen molar-refractivity contribution in [1.82, 2.24) is 4.57 Å². The first-order valence-corrected chi connectivity index (χ1v) is 13.9. The Morgan fingerprint density at radius 1 is 1.16 bits per heavy atom. The van der Waals surface area contributed by atoms with Gasteiger partial charge >= 0.3 is 5.97 Å². The van der Waals surface area contributed by atoms with Crippen LogP contribution in [-0.4, -0.2) is 37.6 Å². The molecular weight excluding hydrogens is 508 g/mol. The Bertz CT molecular complexity index is 1520. The second-order valence-electron chi connectivity index (χ2n) is 8.96. The molecule has 2 aromatic carbocycles. The SMILES string of the molecule is COc1ccc(C=c2sc3n(c2=O)C(c2ccc(SC)cc2)C(C(=O)OCC(C)C)=C(C)N=3)c(OC)c1. The average molecular weight is 539 g/mol. The van der Waals surface area contributed by atoms with Crippen LogP contribution in [0.25, 0.3) is 6.08 Å². The second kappa shape index (κ2) is 11.4. The zero-order valence-electron chi connectivity index (χ0n) is 21.7. The number of nitrogens with zero attached hydrogens (tertiary/aromatic N) is 2. The number of benzene rings is 2. The third kappa shape index (κ3) is 5.52. The molecule has 0 amide bonds. The summed E-state index contributed by atoms with van der Waals surface area (Å²) in [5.41, 5.74) is 2.24. The number of aromatic nitrogens is 1. The first-order valence-electron chi connectivity index (χ1n) is 11.8. The second-order valence-corrected chi connectivity index (χ2v) is 10.8. The highest BCUT2D eigenvalue weighted by atomic mass is 32.2. The molecule has 37 heavy (non-hydrogen) atoms. The largest absolute Gasteiger partial charge is 0.497 e. The summed E-state index contributed by atoms with van der Waals surface area (Å²) >= 11 is 2.91. The first-order chi connectivity index (χ1) is 17.8. The van der Waals surface area contributed by atoms with Crippen LogP contribution in [0.15, 0.2) is 68.4 Å². The van der Waals surface area contributed by atoms with Crippen LogP contribution in [0, 0.1) is 5.92 Å². The van der Waals surface area contributed by atoms with Crippen molar-refractivity contribution in [2.45, 2.75) is 31.7 Å². The molecule has 0 aliphatic carbocycles. The van der Waals surface area contributed by atoms with Gasteiger partial charge in [-0.25, -0.2) is 9.79 Å². The number of carbonyl (C=O) groups is 1. The van der Waals surface area contributed by atoms with Gasteiger partial charge in [-0.1, -0.05) is 37.3 Å². The van der Waals surface area contributed by atoms with E-state index in [0.717, 1.165) is 16.0 Å². The van der Waals surface area contributed by atoms with E-state index in [1.54, 1.807) is 49.6 Å². The molecule has 0 fully saturated rings. The molecule has 1 unspecified atom stereocenters. The fraction of sp³-hybridized carbons (Fsp3) is 0.321. The molecule has 0 saturated carbocycles. The minimum atomic E-state index is -0.647. The van der Waals surface area contributed by atoms with Crippen molar-refractivity contribution in [3.05, 3.63) is 84.5 Å². The number of thiazole rings is 1. The van der Waals surface area contributed by atoms with Gasteiger partial charge in [0, 0.05) is 16.5 Å². The fourth-order valence-corrected chi connectivity index (χ4v) is 5.53. The van der Waals surface area contributed by atoms with Crippen LogP contribution < -0.4 is 24.4 Å². The van der Waals surface area contributed by atoms with Crippen molar-refractivity contribution in [3.8, 4) is 11.5 Å². The van der Waals surface area contributed by atoms with E-state index >= 15 is 0 Å². The van der Waals surface area contributed by atoms with Crippen LogP contribution in [-0.2, 0) is 9.53 Å². The molecule has 7 nitrogen and oxygen atoms in total. The lowest BCUT2D eigenvalue weighted by Gasteiger charge is -2.25. The highest BCUT2D eigenvalue weighted by molar-refractivity contribution is 7.98. The lowest BCUT2D eigenvalue weighted by molar-refractivity contribution is -0.140. The van der Waals surface area contributed by atoms with Gasteiger partial charge in [0.25, 0.3) is 5.56 Å². The summed E-state index contributed by atoms with van der Waals surface area (Å²) in [6.45, 7) is 6.04. The topological polar surface area (TPSA) is 79.1 Å². The quantitative estimate of drug-likeness (QED) is 0.316. The van der Waals surface area contributed by atoms with Crippen molar-refractivity contribution in [1.29, 1.82) is 0 Å². The number of carbonyl (C=O) groups excluding carboxylic acids is 1. The number of esters is 1. The maximum absolute atomic E-state index is 13.8. The van der Waals surface area contributed by atoms with Crippen molar-refractivity contribution in [2.75, 3.05) is 27.1 Å². The molecule has 1 atom stereocenters. The Hall–Kier alpha value is -3.30. The van der Waals surface area contributed by atoms with Crippen LogP contribution in [0.5, 0.6) is 11.5 Å². The number of fused-ring (bicyclic) bond motifs is 1. The molecule has 0 saturated heterocycles. The predicted molar refractivity (Wildman–Crippen MR) is 147 cm³/mol. The van der Waals surface area contributed by atoms with Crippen molar-refractivity contribution in [2.24, 2.45) is 10.9 Å². The number of hydrogen-bond donors (Lipinski definition) is 0. The lowest BCUT2D eigenvalue weighted by Crippen LogP contribution is -2.40. The lowest BCUT2D eigenvalue weighted by atomic mass is 9.96. The molecule has 0 bridgehead atoms. The van der Waals surface area contributed by atoms with Gasteiger partial charge in [0.1, 0.15) is 11.5 Å². The minimum Gasteiger partial charge on any atom is -0.497 e. The van der Waals surface area contributed by atoms with Crippen LogP contribution >= 0.6 is 23.1 Å². The number of rotatable bonds is 8. The molecule has 0 N–H and O–H groups in total. The number of methoxy groups -OCH3 is 2. The van der Waals surface area contributed by atoms with E-state index in [1.807, 2.05) is 56.5 Å². The summed E-state index contributed by atoms with van der Waals surface area (Å²) in [6.07, 6.45) is 3.79. The van der Waals surface area contributed by atoms with Crippen LogP contribution in [0.2, 0.25) is 0 Å². The average Bonchev–Trinajstić information content (AvgIpc) is 3.20. The van der Waals surface area contributed by atoms with Crippen LogP contribution in [0.3, 0.4) is 0 Å². The summed E-state index contributed by atoms with van der Waals surface area (Å²) in [5.74, 6) is 0.970. The summed E-state index contributed by atoms with van der Waals surface area (Å²) < 4.78 is 18.5. The van der Waals surface area contributed by atoms with E-state index in [9.17, 15) is 9.59 Å². The smallest absolute Gasteiger partial charge is 0.338 e. The van der Waals surface area contributed by atoms with E-state index in [1.165, 1.54) is 11.3 Å². The van der Waals surface area contributed by atoms with Gasteiger partial charge in [-0.2, -0.15) is 0 Å². The van der Waals surface area contributed by atoms with Gasteiger partial charge in [0.2, 0.25) is 0 Å². The summed E-state index contributed by atoms with van der Waals surface area (Å²) in [7, 11) is 3.16. The standard InChI is InChI=1S/C28H30N2O5S2/c1-16(2)15-35-27(32)24-17(3)29-28-30(25(24)18-8-11-21(36-6)12-9-18)26(31)23(37-28)13-19-7-10-20(33-4)14-22(19)34-5/h7-14,16,25H,15H2,1-6H3. The number of allylic oxidation sites excluding steroid dienone is 1. The Balaban J connectivity index is 1.90. The Morgan fingerprint density at radius 3 is 2.51 bits per heavy atom. The van der Waals surface area contributed by atoms with Gasteiger partial charge in [-0.15, -0.1) is 11.8 Å². The van der Waals surface area contributed by atoms with E-state index < -0.39 is 12.0 Å². The monoisotopic (exact) mass is 538 g/mol. The summed E-state index contributed by atoms with van der Waals surface area (Å²) in [5, 5.41) is 0. The zero-order chi connectivity index (χ0) is 26.7. The van der Waals surface area contributed by atoms with Gasteiger partial charge in [-0.3, -0.25) is 9.36 Å². The molecule has 1 aliphatic rings. The molecule has 1 aliphatic heterocycles. The van der Waals surface area contributed by atoms with E-state index in [2.05, 4.69) is 4.99 Å². The maximum Gasteiger partial charge on any atom is 0.338 e. The van der Waals surface area contributed by atoms with Gasteiger partial charge in [-0.05, 0) is 55.0 Å². The number of thioether (sulfide) groups is 1. The fourth-order valence-electron chi connectivity index (χ4n) is 4.08. The molecule has 4 rings (SSSR count). The van der Waals surface area contributed by atoms with Gasteiger partial charge in [0.05, 0.1) is 42.7 Å². The third-order valence-corrected chi connectivity index (χ3v) is 7.67. The zero-order valence-corrected chi connectivity index (χ0v) is 23.4. The van der Waals surface area contributed by atoms with Crippen molar-refractivity contribution < 1.29 is 19.0 Å². The maximum atomic E-state index is 13.8. The normalized spacial score (nSPS) is 15.4. The molecule has 3 aromatic rings.